The number of aromatic amines is 1. The van der Waals surface area contributed by atoms with E-state index in [0.717, 1.165) is 17.8 Å². The second-order valence-corrected chi connectivity index (χ2v) is 3.42. The SMILES string of the molecule is CCC#CCc1c[n+](-c2ccccc2)[nH]n1. The van der Waals surface area contributed by atoms with Gasteiger partial charge in [0.2, 0.25) is 5.69 Å². The van der Waals surface area contributed by atoms with E-state index in [9.17, 15) is 0 Å². The third-order valence-electron chi connectivity index (χ3n) is 2.19. The van der Waals surface area contributed by atoms with Crippen LogP contribution in [0.1, 0.15) is 19.0 Å². The number of nitrogens with one attached hydrogen (secondary N) is 1. The van der Waals surface area contributed by atoms with Crippen LogP contribution < -0.4 is 4.68 Å². The molecule has 2 aromatic rings. The van der Waals surface area contributed by atoms with Crippen molar-refractivity contribution < 1.29 is 4.68 Å². The maximum atomic E-state index is 4.20. The highest BCUT2D eigenvalue weighted by Crippen LogP contribution is 1.97. The van der Waals surface area contributed by atoms with E-state index >= 15 is 0 Å². The second-order valence-electron chi connectivity index (χ2n) is 3.42. The van der Waals surface area contributed by atoms with E-state index in [2.05, 4.69) is 22.2 Å². The van der Waals surface area contributed by atoms with Gasteiger partial charge in [-0.2, -0.15) is 0 Å². The monoisotopic (exact) mass is 212 g/mol. The fraction of sp³-hybridized carbons (Fsp3) is 0.231. The zero-order valence-electron chi connectivity index (χ0n) is 9.27. The Morgan fingerprint density at radius 2 is 2.06 bits per heavy atom. The van der Waals surface area contributed by atoms with E-state index < -0.39 is 0 Å². The molecule has 1 heterocycles. The van der Waals surface area contributed by atoms with Gasteiger partial charge in [-0.05, 0) is 12.1 Å². The average molecular weight is 212 g/mol. The predicted octanol–water partition coefficient (Wildman–Crippen LogP) is 1.64. The van der Waals surface area contributed by atoms with Crippen molar-refractivity contribution in [1.82, 2.24) is 10.3 Å². The fourth-order valence-electron chi connectivity index (χ4n) is 1.41. The molecule has 0 bridgehead atoms. The summed E-state index contributed by atoms with van der Waals surface area (Å²) in [5.41, 5.74) is 2.04. The zero-order chi connectivity index (χ0) is 11.2. The summed E-state index contributed by atoms with van der Waals surface area (Å²) in [6.07, 6.45) is 3.56. The van der Waals surface area contributed by atoms with Gasteiger partial charge in [0.1, 0.15) is 0 Å². The van der Waals surface area contributed by atoms with Crippen molar-refractivity contribution in [2.24, 2.45) is 0 Å². The topological polar surface area (TPSA) is 32.6 Å². The van der Waals surface area contributed by atoms with Gasteiger partial charge in [-0.1, -0.05) is 36.3 Å². The van der Waals surface area contributed by atoms with Crippen LogP contribution in [0.25, 0.3) is 5.69 Å². The molecule has 0 atom stereocenters. The van der Waals surface area contributed by atoms with Crippen molar-refractivity contribution in [1.29, 1.82) is 0 Å². The minimum atomic E-state index is 0.699. The van der Waals surface area contributed by atoms with Gasteiger partial charge in [-0.15, -0.1) is 10.6 Å². The lowest BCUT2D eigenvalue weighted by Crippen LogP contribution is -2.31. The number of H-pyrrole nitrogens is 1. The summed E-state index contributed by atoms with van der Waals surface area (Å²) < 4.78 is 1.89. The predicted molar refractivity (Wildman–Crippen MR) is 61.9 cm³/mol. The van der Waals surface area contributed by atoms with Crippen LogP contribution in [-0.2, 0) is 6.42 Å². The molecule has 0 fully saturated rings. The van der Waals surface area contributed by atoms with Gasteiger partial charge < -0.3 is 0 Å². The number of aromatic nitrogens is 3. The molecule has 1 aromatic carbocycles. The Balaban J connectivity index is 2.14. The summed E-state index contributed by atoms with van der Waals surface area (Å²) in [7, 11) is 0. The maximum Gasteiger partial charge on any atom is 0.230 e. The van der Waals surface area contributed by atoms with E-state index in [4.69, 9.17) is 0 Å². The van der Waals surface area contributed by atoms with Crippen molar-refractivity contribution in [3.05, 3.63) is 42.2 Å². The van der Waals surface area contributed by atoms with Crippen LogP contribution in [0.4, 0.5) is 0 Å². The largest absolute Gasteiger partial charge is 0.230 e. The number of hydrogen-bond donors (Lipinski definition) is 1. The first-order valence-corrected chi connectivity index (χ1v) is 5.37. The third kappa shape index (κ3) is 2.48. The van der Waals surface area contributed by atoms with Crippen molar-refractivity contribution >= 4 is 0 Å². The van der Waals surface area contributed by atoms with Gasteiger partial charge in [0, 0.05) is 11.5 Å². The highest BCUT2D eigenvalue weighted by molar-refractivity contribution is 5.21. The van der Waals surface area contributed by atoms with Gasteiger partial charge in [0.05, 0.1) is 6.42 Å². The molecule has 16 heavy (non-hydrogen) atoms. The summed E-state index contributed by atoms with van der Waals surface area (Å²) >= 11 is 0. The van der Waals surface area contributed by atoms with Gasteiger partial charge in [-0.3, -0.25) is 0 Å². The first-order chi connectivity index (χ1) is 7.90. The first kappa shape index (κ1) is 10.4. The molecule has 0 saturated heterocycles. The molecule has 0 unspecified atom stereocenters. The lowest BCUT2D eigenvalue weighted by molar-refractivity contribution is -0.659. The summed E-state index contributed by atoms with van der Waals surface area (Å²) in [6, 6.07) is 10.0. The Morgan fingerprint density at radius 3 is 2.81 bits per heavy atom. The summed E-state index contributed by atoms with van der Waals surface area (Å²) in [6.45, 7) is 2.04. The van der Waals surface area contributed by atoms with Gasteiger partial charge in [0.15, 0.2) is 11.9 Å². The van der Waals surface area contributed by atoms with Gasteiger partial charge in [-0.25, -0.2) is 0 Å². The fourth-order valence-corrected chi connectivity index (χ4v) is 1.41. The number of benzene rings is 1. The third-order valence-corrected chi connectivity index (χ3v) is 2.19. The van der Waals surface area contributed by atoms with Crippen LogP contribution in [0, 0.1) is 11.8 Å². The number of para-hydroxylation sites is 1. The van der Waals surface area contributed by atoms with Crippen LogP contribution in [0.2, 0.25) is 0 Å². The van der Waals surface area contributed by atoms with Crippen LogP contribution in [0.5, 0.6) is 0 Å². The molecule has 0 aliphatic rings. The minimum absolute atomic E-state index is 0.699. The molecule has 1 aromatic heterocycles. The summed E-state index contributed by atoms with van der Waals surface area (Å²) in [5, 5.41) is 7.15. The van der Waals surface area contributed by atoms with Crippen molar-refractivity contribution in [2.75, 3.05) is 0 Å². The molecular formula is C13H14N3+. The zero-order valence-corrected chi connectivity index (χ0v) is 9.27. The van der Waals surface area contributed by atoms with Gasteiger partial charge in [0.25, 0.3) is 0 Å². The number of nitrogens with zero attached hydrogens (tertiary/aromatic N) is 2. The van der Waals surface area contributed by atoms with Gasteiger partial charge >= 0.3 is 0 Å². The number of hydrogen-bond acceptors (Lipinski definition) is 1. The molecule has 2 rings (SSSR count). The van der Waals surface area contributed by atoms with Crippen LogP contribution in [-0.4, -0.2) is 10.3 Å². The molecule has 0 aliphatic carbocycles. The lowest BCUT2D eigenvalue weighted by atomic mass is 10.3. The Kier molecular flexibility index (Phi) is 3.35. The van der Waals surface area contributed by atoms with Crippen molar-refractivity contribution in [3.63, 3.8) is 0 Å². The van der Waals surface area contributed by atoms with E-state index in [1.54, 1.807) is 0 Å². The smallest absolute Gasteiger partial charge is 0.128 e. The van der Waals surface area contributed by atoms with Crippen molar-refractivity contribution in [2.45, 2.75) is 19.8 Å². The van der Waals surface area contributed by atoms with E-state index in [0.29, 0.717) is 6.42 Å². The average Bonchev–Trinajstić information content (AvgIpc) is 2.79. The van der Waals surface area contributed by atoms with Crippen LogP contribution in [0.3, 0.4) is 0 Å². The molecule has 3 heteroatoms. The van der Waals surface area contributed by atoms with E-state index in [1.807, 2.05) is 48.1 Å². The summed E-state index contributed by atoms with van der Waals surface area (Å²) in [4.78, 5) is 0. The minimum Gasteiger partial charge on any atom is -0.128 e. The van der Waals surface area contributed by atoms with E-state index in [-0.39, 0.29) is 0 Å². The normalized spacial score (nSPS) is 9.56. The standard InChI is InChI=1S/C13H13N3/c1-2-3-5-8-12-11-16(15-14-12)13-9-6-4-7-10-13/h4,6-7,9-11H,2,8H2,1H3/p+1. The second kappa shape index (κ2) is 5.13. The van der Waals surface area contributed by atoms with Crippen LogP contribution in [0.15, 0.2) is 36.5 Å². The Bertz CT molecular complexity index is 503. The molecule has 3 nitrogen and oxygen atoms in total. The Morgan fingerprint density at radius 1 is 1.25 bits per heavy atom. The van der Waals surface area contributed by atoms with E-state index in [1.165, 1.54) is 0 Å². The first-order valence-electron chi connectivity index (χ1n) is 5.37. The molecule has 0 aliphatic heterocycles. The molecule has 0 radical (unpaired) electrons. The Hall–Kier alpha value is -2.08. The molecule has 1 N–H and O–H groups in total. The molecule has 0 amide bonds. The molecular weight excluding hydrogens is 198 g/mol. The highest BCUT2D eigenvalue weighted by atomic mass is 15.4. The summed E-state index contributed by atoms with van der Waals surface area (Å²) in [5.74, 6) is 6.10. The molecule has 0 spiro atoms. The van der Waals surface area contributed by atoms with Crippen molar-refractivity contribution in [3.8, 4) is 17.5 Å². The highest BCUT2D eigenvalue weighted by Gasteiger charge is 2.08. The molecule has 0 saturated carbocycles. The molecule has 80 valence electrons. The quantitative estimate of drug-likeness (QED) is 0.595. The Labute approximate surface area is 95.1 Å². The lowest BCUT2D eigenvalue weighted by Gasteiger charge is -1.90. The maximum absolute atomic E-state index is 4.20. The number of rotatable bonds is 2. The van der Waals surface area contributed by atoms with Crippen LogP contribution >= 0.6 is 0 Å².